The van der Waals surface area contributed by atoms with Crippen LogP contribution in [-0.2, 0) is 6.42 Å². The standard InChI is InChI=1S/C11H12N4OS/c1-2-9-14-15-11(17-9)13-10(16)12-8-6-4-3-5-7-8/h3-7H,2H2,1H3,(H2,12,13,15,16). The number of nitrogens with zero attached hydrogens (tertiary/aromatic N) is 2. The summed E-state index contributed by atoms with van der Waals surface area (Å²) < 4.78 is 0. The Balaban J connectivity index is 1.93. The van der Waals surface area contributed by atoms with Gasteiger partial charge >= 0.3 is 6.03 Å². The van der Waals surface area contributed by atoms with E-state index in [0.717, 1.165) is 17.1 Å². The highest BCUT2D eigenvalue weighted by molar-refractivity contribution is 7.15. The van der Waals surface area contributed by atoms with Gasteiger partial charge in [-0.1, -0.05) is 36.5 Å². The normalized spacial score (nSPS) is 9.94. The lowest BCUT2D eigenvalue weighted by Crippen LogP contribution is -2.19. The minimum absolute atomic E-state index is 0.310. The van der Waals surface area contributed by atoms with Crippen LogP contribution in [0.2, 0.25) is 0 Å². The molecule has 0 atom stereocenters. The number of aryl methyl sites for hydroxylation is 1. The van der Waals surface area contributed by atoms with Gasteiger partial charge in [-0.15, -0.1) is 10.2 Å². The van der Waals surface area contributed by atoms with Gasteiger partial charge in [0.15, 0.2) is 0 Å². The first-order chi connectivity index (χ1) is 8.28. The van der Waals surface area contributed by atoms with Crippen LogP contribution in [0.15, 0.2) is 30.3 Å². The number of urea groups is 1. The maximum atomic E-state index is 11.6. The van der Waals surface area contributed by atoms with Gasteiger partial charge < -0.3 is 5.32 Å². The topological polar surface area (TPSA) is 66.9 Å². The van der Waals surface area contributed by atoms with Crippen molar-refractivity contribution in [2.45, 2.75) is 13.3 Å². The molecule has 0 fully saturated rings. The van der Waals surface area contributed by atoms with Gasteiger partial charge in [-0.3, -0.25) is 5.32 Å². The summed E-state index contributed by atoms with van der Waals surface area (Å²) in [6.07, 6.45) is 0.819. The molecule has 1 aromatic heterocycles. The first-order valence-electron chi connectivity index (χ1n) is 5.23. The molecule has 0 saturated carbocycles. The van der Waals surface area contributed by atoms with Gasteiger partial charge in [-0.2, -0.15) is 0 Å². The van der Waals surface area contributed by atoms with Gasteiger partial charge in [0.1, 0.15) is 5.01 Å². The summed E-state index contributed by atoms with van der Waals surface area (Å²) in [7, 11) is 0. The summed E-state index contributed by atoms with van der Waals surface area (Å²) >= 11 is 1.38. The molecule has 2 aromatic rings. The second-order valence-corrected chi connectivity index (χ2v) is 4.36. The lowest BCUT2D eigenvalue weighted by molar-refractivity contribution is 0.262. The number of rotatable bonds is 3. The third kappa shape index (κ3) is 3.25. The summed E-state index contributed by atoms with van der Waals surface area (Å²) in [5.41, 5.74) is 0.741. The van der Waals surface area contributed by atoms with E-state index in [9.17, 15) is 4.79 Å². The molecule has 1 aromatic carbocycles. The van der Waals surface area contributed by atoms with Crippen LogP contribution in [0.5, 0.6) is 0 Å². The number of benzene rings is 1. The van der Waals surface area contributed by atoms with E-state index < -0.39 is 0 Å². The molecule has 0 aliphatic heterocycles. The average molecular weight is 248 g/mol. The zero-order valence-corrected chi connectivity index (χ0v) is 10.1. The maximum Gasteiger partial charge on any atom is 0.325 e. The summed E-state index contributed by atoms with van der Waals surface area (Å²) in [4.78, 5) is 11.6. The minimum Gasteiger partial charge on any atom is -0.308 e. The zero-order valence-electron chi connectivity index (χ0n) is 9.30. The van der Waals surface area contributed by atoms with E-state index in [4.69, 9.17) is 0 Å². The monoisotopic (exact) mass is 248 g/mol. The molecule has 0 aliphatic carbocycles. The molecule has 2 amide bonds. The molecule has 0 unspecified atom stereocenters. The van der Waals surface area contributed by atoms with Crippen molar-refractivity contribution < 1.29 is 4.79 Å². The number of carbonyl (C=O) groups excluding carboxylic acids is 1. The van der Waals surface area contributed by atoms with E-state index in [1.807, 2.05) is 37.3 Å². The SMILES string of the molecule is CCc1nnc(NC(=O)Nc2ccccc2)s1. The number of amides is 2. The molecule has 5 nitrogen and oxygen atoms in total. The predicted octanol–water partition coefficient (Wildman–Crippen LogP) is 2.74. The third-order valence-corrected chi connectivity index (χ3v) is 3.00. The lowest BCUT2D eigenvalue weighted by atomic mass is 10.3. The smallest absolute Gasteiger partial charge is 0.308 e. The van der Waals surface area contributed by atoms with Crippen molar-refractivity contribution in [2.24, 2.45) is 0 Å². The fraction of sp³-hybridized carbons (Fsp3) is 0.182. The minimum atomic E-state index is -0.310. The van der Waals surface area contributed by atoms with Gasteiger partial charge in [-0.05, 0) is 18.6 Å². The highest BCUT2D eigenvalue weighted by atomic mass is 32.1. The van der Waals surface area contributed by atoms with Crippen molar-refractivity contribution in [3.8, 4) is 0 Å². The van der Waals surface area contributed by atoms with E-state index in [1.165, 1.54) is 11.3 Å². The van der Waals surface area contributed by atoms with Crippen molar-refractivity contribution >= 4 is 28.2 Å². The third-order valence-electron chi connectivity index (χ3n) is 2.02. The van der Waals surface area contributed by atoms with Gasteiger partial charge in [0.2, 0.25) is 5.13 Å². The number of para-hydroxylation sites is 1. The molecule has 0 bridgehead atoms. The second kappa shape index (κ2) is 5.40. The molecular formula is C11H12N4OS. The summed E-state index contributed by atoms with van der Waals surface area (Å²) in [6.45, 7) is 1.99. The molecule has 2 N–H and O–H groups in total. The molecule has 0 spiro atoms. The number of anilines is 2. The molecular weight excluding hydrogens is 236 g/mol. The Morgan fingerprint density at radius 1 is 1.24 bits per heavy atom. The first kappa shape index (κ1) is 11.5. The quantitative estimate of drug-likeness (QED) is 0.877. The van der Waals surface area contributed by atoms with Crippen molar-refractivity contribution in [2.75, 3.05) is 10.6 Å². The Bertz CT molecular complexity index is 497. The van der Waals surface area contributed by atoms with Gasteiger partial charge in [0.25, 0.3) is 0 Å². The molecule has 0 radical (unpaired) electrons. The zero-order chi connectivity index (χ0) is 12.1. The largest absolute Gasteiger partial charge is 0.325 e. The van der Waals surface area contributed by atoms with E-state index >= 15 is 0 Å². The Kier molecular flexibility index (Phi) is 3.66. The number of carbonyl (C=O) groups is 1. The Hall–Kier alpha value is -1.95. The molecule has 6 heteroatoms. The Morgan fingerprint density at radius 2 is 2.00 bits per heavy atom. The van der Waals surface area contributed by atoms with E-state index in [1.54, 1.807) is 0 Å². The highest BCUT2D eigenvalue weighted by Gasteiger charge is 2.06. The molecule has 88 valence electrons. The molecule has 17 heavy (non-hydrogen) atoms. The van der Waals surface area contributed by atoms with Crippen molar-refractivity contribution in [1.82, 2.24) is 10.2 Å². The van der Waals surface area contributed by atoms with Gasteiger partial charge in [0, 0.05) is 5.69 Å². The van der Waals surface area contributed by atoms with Gasteiger partial charge in [0.05, 0.1) is 0 Å². The van der Waals surface area contributed by atoms with Crippen LogP contribution in [-0.4, -0.2) is 16.2 Å². The summed E-state index contributed by atoms with van der Waals surface area (Å²) in [5, 5.41) is 14.5. The fourth-order valence-electron chi connectivity index (χ4n) is 1.23. The summed E-state index contributed by atoms with van der Waals surface area (Å²) in [6, 6.07) is 8.93. The maximum absolute atomic E-state index is 11.6. The van der Waals surface area contributed by atoms with E-state index in [-0.39, 0.29) is 6.03 Å². The molecule has 2 rings (SSSR count). The van der Waals surface area contributed by atoms with Gasteiger partial charge in [-0.25, -0.2) is 4.79 Å². The number of nitrogens with one attached hydrogen (secondary N) is 2. The average Bonchev–Trinajstić information content (AvgIpc) is 2.78. The molecule has 0 aliphatic rings. The van der Waals surface area contributed by atoms with Crippen molar-refractivity contribution in [3.05, 3.63) is 35.3 Å². The number of aromatic nitrogens is 2. The van der Waals surface area contributed by atoms with Crippen LogP contribution in [0, 0.1) is 0 Å². The van der Waals surface area contributed by atoms with E-state index in [0.29, 0.717) is 5.13 Å². The lowest BCUT2D eigenvalue weighted by Gasteiger charge is -2.03. The van der Waals surface area contributed by atoms with Crippen LogP contribution in [0.3, 0.4) is 0 Å². The number of hydrogen-bond donors (Lipinski definition) is 2. The Morgan fingerprint density at radius 3 is 2.65 bits per heavy atom. The van der Waals surface area contributed by atoms with Crippen LogP contribution < -0.4 is 10.6 Å². The first-order valence-corrected chi connectivity index (χ1v) is 6.05. The van der Waals surface area contributed by atoms with E-state index in [2.05, 4.69) is 20.8 Å². The summed E-state index contributed by atoms with van der Waals surface area (Å²) in [5.74, 6) is 0. The molecule has 0 saturated heterocycles. The van der Waals surface area contributed by atoms with Crippen LogP contribution in [0.1, 0.15) is 11.9 Å². The van der Waals surface area contributed by atoms with Crippen molar-refractivity contribution in [1.29, 1.82) is 0 Å². The van der Waals surface area contributed by atoms with Crippen LogP contribution in [0.25, 0.3) is 0 Å². The predicted molar refractivity (Wildman–Crippen MR) is 68.4 cm³/mol. The van der Waals surface area contributed by atoms with Crippen molar-refractivity contribution in [3.63, 3.8) is 0 Å². The Labute approximate surface area is 103 Å². The fourth-order valence-corrected chi connectivity index (χ4v) is 1.90. The van der Waals surface area contributed by atoms with Crippen LogP contribution >= 0.6 is 11.3 Å². The second-order valence-electron chi connectivity index (χ2n) is 3.30. The molecule has 1 heterocycles. The number of hydrogen-bond acceptors (Lipinski definition) is 4. The highest BCUT2D eigenvalue weighted by Crippen LogP contribution is 2.15. The van der Waals surface area contributed by atoms with Crippen LogP contribution in [0.4, 0.5) is 15.6 Å².